The maximum atomic E-state index is 5.28. The van der Waals surface area contributed by atoms with Gasteiger partial charge in [-0.05, 0) is 72.1 Å². The summed E-state index contributed by atoms with van der Waals surface area (Å²) in [6, 6.07) is 63.6. The van der Waals surface area contributed by atoms with Gasteiger partial charge in [-0.15, -0.1) is 0 Å². The van der Waals surface area contributed by atoms with Gasteiger partial charge in [0.2, 0.25) is 0 Å². The molecule has 54 heavy (non-hydrogen) atoms. The molecule has 2 aliphatic rings. The zero-order chi connectivity index (χ0) is 36.0. The van der Waals surface area contributed by atoms with Crippen molar-refractivity contribution in [2.24, 2.45) is 0 Å². The number of benzene rings is 8. The fourth-order valence-electron chi connectivity index (χ4n) is 9.59. The van der Waals surface area contributed by atoms with Crippen LogP contribution in [0.4, 0.5) is 0 Å². The van der Waals surface area contributed by atoms with E-state index in [9.17, 15) is 0 Å². The second kappa shape index (κ2) is 11.4. The normalized spacial score (nSPS) is 14.4. The average Bonchev–Trinajstić information content (AvgIpc) is 3.52. The van der Waals surface area contributed by atoms with Crippen molar-refractivity contribution >= 4 is 21.5 Å². The van der Waals surface area contributed by atoms with Gasteiger partial charge in [0, 0.05) is 22.1 Å². The zero-order valence-electron chi connectivity index (χ0n) is 30.1. The summed E-state index contributed by atoms with van der Waals surface area (Å²) in [5, 5.41) is 4.53. The van der Waals surface area contributed by atoms with Crippen molar-refractivity contribution in [3.05, 3.63) is 209 Å². The highest BCUT2D eigenvalue weighted by atomic mass is 15.0. The Labute approximate surface area is 314 Å². The first-order valence-electron chi connectivity index (χ1n) is 18.7. The maximum Gasteiger partial charge on any atom is 0.164 e. The molecule has 2 aliphatic carbocycles. The van der Waals surface area contributed by atoms with E-state index in [1.165, 1.54) is 44.5 Å². The summed E-state index contributed by atoms with van der Waals surface area (Å²) < 4.78 is 0. The van der Waals surface area contributed by atoms with Crippen LogP contribution in [0.2, 0.25) is 0 Å². The molecule has 0 fully saturated rings. The van der Waals surface area contributed by atoms with Crippen LogP contribution >= 0.6 is 0 Å². The molecule has 3 heteroatoms. The highest BCUT2D eigenvalue weighted by molar-refractivity contribution is 5.98. The molecule has 8 aromatic carbocycles. The number of aromatic nitrogens is 3. The van der Waals surface area contributed by atoms with E-state index in [0.717, 1.165) is 38.2 Å². The predicted molar refractivity (Wildman–Crippen MR) is 221 cm³/mol. The standard InChI is InChI=1S/C51H35N3/c1-50(2)43-25-9-11-27-45(43)51(46-28-12-10-26-44(46)50)41-24-8-7-21-37(41)40-31-34(29-30-42(40)51)47-52-48(38-22-13-17-32-15-3-5-19-35(32)38)54-49(53-47)39-23-14-18-33-16-4-6-20-36(33)39/h3-31H,1-2H3. The fourth-order valence-corrected chi connectivity index (χ4v) is 9.59. The summed E-state index contributed by atoms with van der Waals surface area (Å²) in [6.45, 7) is 4.73. The van der Waals surface area contributed by atoms with Crippen molar-refractivity contribution in [2.45, 2.75) is 24.7 Å². The molecule has 0 N–H and O–H groups in total. The van der Waals surface area contributed by atoms with Crippen LogP contribution in [0.5, 0.6) is 0 Å². The van der Waals surface area contributed by atoms with Gasteiger partial charge in [0.1, 0.15) is 0 Å². The first-order chi connectivity index (χ1) is 26.5. The Kier molecular flexibility index (Phi) is 6.51. The van der Waals surface area contributed by atoms with E-state index < -0.39 is 5.41 Å². The number of rotatable bonds is 3. The summed E-state index contributed by atoms with van der Waals surface area (Å²) in [5.74, 6) is 1.98. The van der Waals surface area contributed by atoms with Crippen molar-refractivity contribution in [1.29, 1.82) is 0 Å². The molecule has 0 aliphatic heterocycles. The second-order valence-corrected chi connectivity index (χ2v) is 15.1. The molecule has 0 radical (unpaired) electrons. The minimum atomic E-state index is -0.450. The Bertz CT molecular complexity index is 2830. The predicted octanol–water partition coefficient (Wildman–Crippen LogP) is 12.2. The molecule has 0 unspecified atom stereocenters. The van der Waals surface area contributed by atoms with Gasteiger partial charge in [0.05, 0.1) is 5.41 Å². The highest BCUT2D eigenvalue weighted by Crippen LogP contribution is 2.62. The largest absolute Gasteiger partial charge is 0.208 e. The van der Waals surface area contributed by atoms with Crippen LogP contribution in [-0.4, -0.2) is 15.0 Å². The number of nitrogens with zero attached hydrogens (tertiary/aromatic N) is 3. The monoisotopic (exact) mass is 689 g/mol. The van der Waals surface area contributed by atoms with Gasteiger partial charge >= 0.3 is 0 Å². The molecule has 1 aromatic heterocycles. The van der Waals surface area contributed by atoms with Crippen LogP contribution in [-0.2, 0) is 10.8 Å². The molecule has 3 nitrogen and oxygen atoms in total. The second-order valence-electron chi connectivity index (χ2n) is 15.1. The quantitative estimate of drug-likeness (QED) is 0.185. The van der Waals surface area contributed by atoms with Gasteiger partial charge in [-0.1, -0.05) is 184 Å². The minimum absolute atomic E-state index is 0.142. The SMILES string of the molecule is CC1(C)c2ccccc2C2(c3ccccc3-c3cc(-c4nc(-c5cccc6ccccc56)nc(-c5cccc6ccccc56)n4)ccc32)c2ccccc21. The number of hydrogen-bond donors (Lipinski definition) is 0. The molecule has 9 aromatic rings. The Morgan fingerprint density at radius 1 is 0.333 bits per heavy atom. The van der Waals surface area contributed by atoms with Crippen molar-refractivity contribution in [2.75, 3.05) is 0 Å². The van der Waals surface area contributed by atoms with Gasteiger partial charge < -0.3 is 0 Å². The molecule has 0 amide bonds. The number of hydrogen-bond acceptors (Lipinski definition) is 3. The smallest absolute Gasteiger partial charge is 0.164 e. The van der Waals surface area contributed by atoms with Gasteiger partial charge in [0.25, 0.3) is 0 Å². The first-order valence-corrected chi connectivity index (χ1v) is 18.7. The van der Waals surface area contributed by atoms with Crippen LogP contribution in [0.3, 0.4) is 0 Å². The topological polar surface area (TPSA) is 38.7 Å². The molecule has 0 atom stereocenters. The Morgan fingerprint density at radius 2 is 0.759 bits per heavy atom. The Balaban J connectivity index is 1.18. The maximum absolute atomic E-state index is 5.28. The van der Waals surface area contributed by atoms with E-state index >= 15 is 0 Å². The van der Waals surface area contributed by atoms with E-state index in [-0.39, 0.29) is 5.41 Å². The van der Waals surface area contributed by atoms with Gasteiger partial charge in [0.15, 0.2) is 17.5 Å². The van der Waals surface area contributed by atoms with E-state index in [1.807, 2.05) is 0 Å². The molecule has 254 valence electrons. The Morgan fingerprint density at radius 3 is 1.35 bits per heavy atom. The molecular formula is C51H35N3. The lowest BCUT2D eigenvalue weighted by atomic mass is 9.55. The molecule has 1 spiro atoms. The van der Waals surface area contributed by atoms with Crippen LogP contribution in [0, 0.1) is 0 Å². The van der Waals surface area contributed by atoms with Gasteiger partial charge in [-0.25, -0.2) is 15.0 Å². The van der Waals surface area contributed by atoms with Crippen molar-refractivity contribution < 1.29 is 0 Å². The number of fused-ring (bicyclic) bond motifs is 11. The summed E-state index contributed by atoms with van der Waals surface area (Å²) in [7, 11) is 0. The van der Waals surface area contributed by atoms with Crippen molar-refractivity contribution in [1.82, 2.24) is 15.0 Å². The lowest BCUT2D eigenvalue weighted by molar-refractivity contribution is 0.563. The van der Waals surface area contributed by atoms with Gasteiger partial charge in [-0.2, -0.15) is 0 Å². The minimum Gasteiger partial charge on any atom is -0.208 e. The van der Waals surface area contributed by atoms with Crippen LogP contribution in [0.25, 0.3) is 66.8 Å². The van der Waals surface area contributed by atoms with Crippen LogP contribution in [0.1, 0.15) is 47.2 Å². The molecule has 0 saturated heterocycles. The molecule has 0 saturated carbocycles. The summed E-state index contributed by atoms with van der Waals surface area (Å²) in [4.78, 5) is 15.8. The third kappa shape index (κ3) is 4.21. The lowest BCUT2D eigenvalue weighted by Gasteiger charge is -2.46. The van der Waals surface area contributed by atoms with Crippen molar-refractivity contribution in [3.8, 4) is 45.3 Å². The summed E-state index contributed by atoms with van der Waals surface area (Å²) >= 11 is 0. The van der Waals surface area contributed by atoms with E-state index in [2.05, 4.69) is 190 Å². The van der Waals surface area contributed by atoms with E-state index in [4.69, 9.17) is 15.0 Å². The molecule has 1 heterocycles. The average molecular weight is 690 g/mol. The summed E-state index contributed by atoms with van der Waals surface area (Å²) in [5.41, 5.74) is 12.9. The van der Waals surface area contributed by atoms with E-state index in [0.29, 0.717) is 17.5 Å². The van der Waals surface area contributed by atoms with Crippen LogP contribution < -0.4 is 0 Å². The Hall–Kier alpha value is -6.71. The molecular weight excluding hydrogens is 655 g/mol. The van der Waals surface area contributed by atoms with Crippen molar-refractivity contribution in [3.63, 3.8) is 0 Å². The molecule has 11 rings (SSSR count). The highest BCUT2D eigenvalue weighted by Gasteiger charge is 2.53. The third-order valence-corrected chi connectivity index (χ3v) is 12.0. The summed E-state index contributed by atoms with van der Waals surface area (Å²) in [6.07, 6.45) is 0. The zero-order valence-corrected chi connectivity index (χ0v) is 30.1. The van der Waals surface area contributed by atoms with Gasteiger partial charge in [-0.3, -0.25) is 0 Å². The third-order valence-electron chi connectivity index (χ3n) is 12.0. The lowest BCUT2D eigenvalue weighted by Crippen LogP contribution is -2.40. The first kappa shape index (κ1) is 30.9. The molecule has 0 bridgehead atoms. The van der Waals surface area contributed by atoms with E-state index in [1.54, 1.807) is 0 Å². The van der Waals surface area contributed by atoms with Crippen LogP contribution in [0.15, 0.2) is 176 Å². The fraction of sp³-hybridized carbons (Fsp3) is 0.0784.